The second-order valence-corrected chi connectivity index (χ2v) is 5.74. The molecule has 0 aliphatic heterocycles. The molecule has 1 saturated carbocycles. The maximum Gasteiger partial charge on any atom is 0.0937 e. The summed E-state index contributed by atoms with van der Waals surface area (Å²) in [7, 11) is 0. The summed E-state index contributed by atoms with van der Waals surface area (Å²) in [5.41, 5.74) is 6.29. The lowest BCUT2D eigenvalue weighted by Gasteiger charge is -2.27. The van der Waals surface area contributed by atoms with Crippen molar-refractivity contribution in [3.8, 4) is 0 Å². The number of aromatic nitrogens is 1. The van der Waals surface area contributed by atoms with Crippen LogP contribution in [0.2, 0.25) is 0 Å². The zero-order chi connectivity index (χ0) is 11.3. The molecule has 1 aliphatic carbocycles. The summed E-state index contributed by atoms with van der Waals surface area (Å²) in [6.45, 7) is 2.93. The fraction of sp³-hybridized carbons (Fsp3) is 0.750. The molecule has 3 N–H and O–H groups in total. The predicted octanol–water partition coefficient (Wildman–Crippen LogP) is 1.79. The lowest BCUT2D eigenvalue weighted by Crippen LogP contribution is -2.38. The smallest absolute Gasteiger partial charge is 0.0937 e. The molecule has 1 aliphatic rings. The van der Waals surface area contributed by atoms with E-state index >= 15 is 0 Å². The van der Waals surface area contributed by atoms with Gasteiger partial charge in [0.1, 0.15) is 0 Å². The molecule has 0 spiro atoms. The van der Waals surface area contributed by atoms with Crippen LogP contribution in [0.25, 0.3) is 0 Å². The largest absolute Gasteiger partial charge is 0.330 e. The van der Waals surface area contributed by atoms with Crippen molar-refractivity contribution >= 4 is 11.3 Å². The molecule has 0 amide bonds. The Balaban J connectivity index is 1.67. The maximum absolute atomic E-state index is 5.90. The van der Waals surface area contributed by atoms with E-state index in [0.717, 1.165) is 26.1 Å². The molecule has 0 aromatic carbocycles. The minimum absolute atomic E-state index is 0.392. The maximum atomic E-state index is 5.90. The van der Waals surface area contributed by atoms with Crippen LogP contribution in [-0.2, 0) is 6.42 Å². The fourth-order valence-corrected chi connectivity index (χ4v) is 3.12. The van der Waals surface area contributed by atoms with Gasteiger partial charge in [-0.1, -0.05) is 12.8 Å². The average molecular weight is 239 g/mol. The highest BCUT2D eigenvalue weighted by atomic mass is 32.1. The average Bonchev–Trinajstić information content (AvgIpc) is 2.97. The Labute approximate surface area is 101 Å². The molecule has 16 heavy (non-hydrogen) atoms. The van der Waals surface area contributed by atoms with Gasteiger partial charge in [0.25, 0.3) is 0 Å². The van der Waals surface area contributed by atoms with Crippen molar-refractivity contribution in [3.05, 3.63) is 16.6 Å². The van der Waals surface area contributed by atoms with Gasteiger partial charge in [0.05, 0.1) is 5.01 Å². The molecule has 1 fully saturated rings. The molecule has 3 nitrogen and oxygen atoms in total. The number of rotatable bonds is 6. The summed E-state index contributed by atoms with van der Waals surface area (Å²) in [6, 6.07) is 0. The summed E-state index contributed by atoms with van der Waals surface area (Å²) in [5, 5.41) is 6.80. The van der Waals surface area contributed by atoms with Gasteiger partial charge in [-0.15, -0.1) is 11.3 Å². The Kier molecular flexibility index (Phi) is 4.32. The Hall–Kier alpha value is -0.450. The van der Waals surface area contributed by atoms with Crippen LogP contribution in [0.15, 0.2) is 11.6 Å². The van der Waals surface area contributed by atoms with Crippen molar-refractivity contribution in [1.82, 2.24) is 10.3 Å². The summed E-state index contributed by atoms with van der Waals surface area (Å²) in [4.78, 5) is 4.28. The highest BCUT2D eigenvalue weighted by Crippen LogP contribution is 2.36. The first kappa shape index (κ1) is 12.0. The summed E-state index contributed by atoms with van der Waals surface area (Å²) in [5.74, 6) is 0. The van der Waals surface area contributed by atoms with Crippen molar-refractivity contribution in [2.75, 3.05) is 19.6 Å². The molecule has 1 heterocycles. The zero-order valence-electron chi connectivity index (χ0n) is 9.74. The Morgan fingerprint density at radius 3 is 2.88 bits per heavy atom. The summed E-state index contributed by atoms with van der Waals surface area (Å²) >= 11 is 1.73. The topological polar surface area (TPSA) is 50.9 Å². The van der Waals surface area contributed by atoms with Crippen LogP contribution in [0, 0.1) is 5.41 Å². The molecule has 1 aromatic rings. The van der Waals surface area contributed by atoms with Gasteiger partial charge < -0.3 is 11.1 Å². The molecule has 1 aromatic heterocycles. The standard InChI is InChI=1S/C12H21N3S/c13-9-12(4-1-2-5-12)10-14-6-3-11-15-7-8-16-11/h7-8,14H,1-6,9-10,13H2. The van der Waals surface area contributed by atoms with E-state index in [-0.39, 0.29) is 0 Å². The quantitative estimate of drug-likeness (QED) is 0.744. The van der Waals surface area contributed by atoms with Gasteiger partial charge in [0.15, 0.2) is 0 Å². The van der Waals surface area contributed by atoms with Crippen LogP contribution in [0.1, 0.15) is 30.7 Å². The van der Waals surface area contributed by atoms with Crippen molar-refractivity contribution < 1.29 is 0 Å². The van der Waals surface area contributed by atoms with Crippen molar-refractivity contribution in [3.63, 3.8) is 0 Å². The number of nitrogens with two attached hydrogens (primary N) is 1. The van der Waals surface area contributed by atoms with Crippen molar-refractivity contribution in [2.45, 2.75) is 32.1 Å². The van der Waals surface area contributed by atoms with Crippen LogP contribution in [0.3, 0.4) is 0 Å². The summed E-state index contributed by atoms with van der Waals surface area (Å²) in [6.07, 6.45) is 8.22. The lowest BCUT2D eigenvalue weighted by molar-refractivity contribution is 0.292. The highest BCUT2D eigenvalue weighted by molar-refractivity contribution is 7.09. The molecule has 0 unspecified atom stereocenters. The first-order valence-corrected chi connectivity index (χ1v) is 7.02. The molecule has 0 bridgehead atoms. The number of hydrogen-bond acceptors (Lipinski definition) is 4. The number of hydrogen-bond donors (Lipinski definition) is 2. The molecule has 0 radical (unpaired) electrons. The van der Waals surface area contributed by atoms with Gasteiger partial charge in [-0.2, -0.15) is 0 Å². The van der Waals surface area contributed by atoms with Gasteiger partial charge >= 0.3 is 0 Å². The third-order valence-corrected chi connectivity index (χ3v) is 4.44. The van der Waals surface area contributed by atoms with Gasteiger partial charge in [-0.05, 0) is 24.8 Å². The number of nitrogens with one attached hydrogen (secondary N) is 1. The van der Waals surface area contributed by atoms with E-state index in [0.29, 0.717) is 5.41 Å². The fourth-order valence-electron chi connectivity index (χ4n) is 2.50. The second-order valence-electron chi connectivity index (χ2n) is 4.76. The van der Waals surface area contributed by atoms with Crippen LogP contribution in [0.5, 0.6) is 0 Å². The minimum atomic E-state index is 0.392. The molecule has 2 rings (SSSR count). The molecular weight excluding hydrogens is 218 g/mol. The van der Waals surface area contributed by atoms with Crippen LogP contribution in [-0.4, -0.2) is 24.6 Å². The van der Waals surface area contributed by atoms with Gasteiger partial charge in [-0.25, -0.2) is 4.98 Å². The molecular formula is C12H21N3S. The number of nitrogens with zero attached hydrogens (tertiary/aromatic N) is 1. The molecule has 0 saturated heterocycles. The zero-order valence-corrected chi connectivity index (χ0v) is 10.6. The third-order valence-electron chi connectivity index (χ3n) is 3.60. The van der Waals surface area contributed by atoms with E-state index in [4.69, 9.17) is 5.73 Å². The van der Waals surface area contributed by atoms with E-state index in [9.17, 15) is 0 Å². The predicted molar refractivity (Wildman–Crippen MR) is 68.6 cm³/mol. The van der Waals surface area contributed by atoms with Crippen molar-refractivity contribution in [2.24, 2.45) is 11.1 Å². The number of thiazole rings is 1. The Morgan fingerprint density at radius 1 is 1.44 bits per heavy atom. The first-order chi connectivity index (χ1) is 7.85. The third kappa shape index (κ3) is 3.03. The second kappa shape index (κ2) is 5.75. The van der Waals surface area contributed by atoms with Gasteiger partial charge in [0.2, 0.25) is 0 Å². The van der Waals surface area contributed by atoms with Gasteiger partial charge in [0, 0.05) is 31.1 Å². The van der Waals surface area contributed by atoms with E-state index < -0.39 is 0 Å². The van der Waals surface area contributed by atoms with Crippen LogP contribution < -0.4 is 11.1 Å². The first-order valence-electron chi connectivity index (χ1n) is 6.14. The monoisotopic (exact) mass is 239 g/mol. The molecule has 90 valence electrons. The van der Waals surface area contributed by atoms with E-state index in [1.165, 1.54) is 30.7 Å². The van der Waals surface area contributed by atoms with Crippen LogP contribution >= 0.6 is 11.3 Å². The SMILES string of the molecule is NCC1(CNCCc2nccs2)CCCC1. The van der Waals surface area contributed by atoms with Gasteiger partial charge in [-0.3, -0.25) is 0 Å². The van der Waals surface area contributed by atoms with E-state index in [1.807, 2.05) is 11.6 Å². The van der Waals surface area contributed by atoms with Crippen LogP contribution in [0.4, 0.5) is 0 Å². The Morgan fingerprint density at radius 2 is 2.25 bits per heavy atom. The normalized spacial score (nSPS) is 19.1. The highest BCUT2D eigenvalue weighted by Gasteiger charge is 2.31. The molecule has 0 atom stereocenters. The minimum Gasteiger partial charge on any atom is -0.330 e. The summed E-state index contributed by atoms with van der Waals surface area (Å²) < 4.78 is 0. The Bertz CT molecular complexity index is 291. The van der Waals surface area contributed by atoms with E-state index in [1.54, 1.807) is 11.3 Å². The molecule has 4 heteroatoms. The lowest BCUT2D eigenvalue weighted by atomic mass is 9.86. The van der Waals surface area contributed by atoms with Crippen molar-refractivity contribution in [1.29, 1.82) is 0 Å². The van der Waals surface area contributed by atoms with E-state index in [2.05, 4.69) is 10.3 Å².